The molecule has 1 N–H and O–H groups in total. The van der Waals surface area contributed by atoms with Crippen molar-refractivity contribution in [1.82, 2.24) is 0 Å². The van der Waals surface area contributed by atoms with E-state index in [1.165, 1.54) is 33.3 Å². The van der Waals surface area contributed by atoms with Crippen molar-refractivity contribution in [3.8, 4) is 5.75 Å². The molecule has 0 aliphatic carbocycles. The van der Waals surface area contributed by atoms with Gasteiger partial charge in [0.25, 0.3) is 0 Å². The Balaban J connectivity index is 2.14. The number of nitrogens with one attached hydrogen (secondary N) is 1. The van der Waals surface area contributed by atoms with Gasteiger partial charge in [-0.1, -0.05) is 30.3 Å². The average molecular weight is 554 g/mol. The number of amides is 1. The Morgan fingerprint density at radius 3 is 2.20 bits per heavy atom. The number of anilines is 2. The Bertz CT molecular complexity index is 1480. The first-order chi connectivity index (χ1) is 19.0. The molecular formula is C25H23FN6O8. The summed E-state index contributed by atoms with van der Waals surface area (Å²) in [6.07, 6.45) is 0. The summed E-state index contributed by atoms with van der Waals surface area (Å²) in [7, 11) is 2.60. The molecule has 40 heavy (non-hydrogen) atoms. The summed E-state index contributed by atoms with van der Waals surface area (Å²) in [6, 6.07) is 13.0. The van der Waals surface area contributed by atoms with Crippen LogP contribution in [-0.2, 0) is 20.9 Å². The molecular weight excluding hydrogens is 531 g/mol. The summed E-state index contributed by atoms with van der Waals surface area (Å²) >= 11 is 0. The van der Waals surface area contributed by atoms with E-state index >= 15 is 0 Å². The maximum absolute atomic E-state index is 14.2. The van der Waals surface area contributed by atoms with Crippen molar-refractivity contribution in [2.24, 2.45) is 10.2 Å². The molecule has 0 bridgehead atoms. The fraction of sp³-hybridized carbons (Fsp3) is 0.200. The highest BCUT2D eigenvalue weighted by Crippen LogP contribution is 2.41. The molecule has 0 fully saturated rings. The molecule has 0 aliphatic rings. The fourth-order valence-electron chi connectivity index (χ4n) is 3.61. The highest BCUT2D eigenvalue weighted by Gasteiger charge is 2.25. The largest absolute Gasteiger partial charge is 0.494 e. The van der Waals surface area contributed by atoms with Gasteiger partial charge in [-0.2, -0.15) is 4.39 Å². The number of nitrogens with zero attached hydrogens (tertiary/aromatic N) is 5. The number of nitro benzene ring substituents is 2. The number of nitro groups is 2. The maximum atomic E-state index is 14.2. The molecule has 0 aromatic heterocycles. The van der Waals surface area contributed by atoms with Crippen LogP contribution in [0.1, 0.15) is 12.5 Å². The lowest BCUT2D eigenvalue weighted by atomic mass is 10.1. The number of methoxy groups -OCH3 is 2. The van der Waals surface area contributed by atoms with Gasteiger partial charge in [-0.3, -0.25) is 29.8 Å². The SMILES string of the molecule is COC(=O)CN(Cc1ccccc1)c1cc(NC(C)=O)c(N=Nc2cc(F)c([N+](=O)[O-])cc2[N+](=O)[O-])cc1OC. The lowest BCUT2D eigenvalue weighted by molar-refractivity contribution is -0.395. The molecule has 0 atom stereocenters. The number of benzene rings is 3. The first kappa shape index (κ1) is 29.1. The summed E-state index contributed by atoms with van der Waals surface area (Å²) in [5.41, 5.74) is -1.28. The van der Waals surface area contributed by atoms with Crippen LogP contribution in [0.25, 0.3) is 0 Å². The minimum Gasteiger partial charge on any atom is -0.494 e. The molecule has 3 aromatic rings. The van der Waals surface area contributed by atoms with E-state index in [1.807, 2.05) is 30.3 Å². The number of halogens is 1. The molecule has 15 heteroatoms. The Kier molecular flexibility index (Phi) is 9.35. The van der Waals surface area contributed by atoms with Crippen molar-refractivity contribution in [2.45, 2.75) is 13.5 Å². The molecule has 14 nitrogen and oxygen atoms in total. The maximum Gasteiger partial charge on any atom is 0.325 e. The molecule has 0 unspecified atom stereocenters. The predicted octanol–water partition coefficient (Wildman–Crippen LogP) is 5.20. The number of hydrogen-bond donors (Lipinski definition) is 1. The second kappa shape index (κ2) is 12.9. The number of hydrogen-bond acceptors (Lipinski definition) is 11. The second-order valence-corrected chi connectivity index (χ2v) is 8.15. The number of carbonyl (C=O) groups excluding carboxylic acids is 2. The van der Waals surface area contributed by atoms with Crippen LogP contribution in [0, 0.1) is 26.0 Å². The first-order valence-corrected chi connectivity index (χ1v) is 11.4. The van der Waals surface area contributed by atoms with Crippen LogP contribution in [0.2, 0.25) is 0 Å². The van der Waals surface area contributed by atoms with Gasteiger partial charge in [0.2, 0.25) is 11.7 Å². The van der Waals surface area contributed by atoms with E-state index in [1.54, 1.807) is 4.90 Å². The summed E-state index contributed by atoms with van der Waals surface area (Å²) in [5, 5.41) is 32.7. The number of rotatable bonds is 11. The lowest BCUT2D eigenvalue weighted by Crippen LogP contribution is -2.30. The van der Waals surface area contributed by atoms with Crippen molar-refractivity contribution >= 4 is 46.0 Å². The second-order valence-electron chi connectivity index (χ2n) is 8.15. The van der Waals surface area contributed by atoms with Crippen LogP contribution in [0.4, 0.5) is 38.5 Å². The van der Waals surface area contributed by atoms with Gasteiger partial charge in [-0.15, -0.1) is 10.2 Å². The third-order valence-electron chi connectivity index (χ3n) is 5.42. The highest BCUT2D eigenvalue weighted by molar-refractivity contribution is 5.94. The Hall–Kier alpha value is -5.47. The Morgan fingerprint density at radius 2 is 1.62 bits per heavy atom. The molecule has 0 radical (unpaired) electrons. The molecule has 0 saturated heterocycles. The van der Waals surface area contributed by atoms with Crippen LogP contribution in [0.5, 0.6) is 5.75 Å². The number of azo groups is 1. The van der Waals surface area contributed by atoms with Crippen LogP contribution >= 0.6 is 0 Å². The van der Waals surface area contributed by atoms with E-state index in [9.17, 15) is 34.2 Å². The molecule has 208 valence electrons. The third kappa shape index (κ3) is 7.09. The van der Waals surface area contributed by atoms with Gasteiger partial charge in [0.05, 0.1) is 41.5 Å². The van der Waals surface area contributed by atoms with Gasteiger partial charge in [0.1, 0.15) is 18.0 Å². The fourth-order valence-corrected chi connectivity index (χ4v) is 3.61. The van der Waals surface area contributed by atoms with Gasteiger partial charge in [0, 0.05) is 25.6 Å². The lowest BCUT2D eigenvalue weighted by Gasteiger charge is -2.26. The van der Waals surface area contributed by atoms with Crippen LogP contribution in [0.3, 0.4) is 0 Å². The van der Waals surface area contributed by atoms with E-state index in [2.05, 4.69) is 15.5 Å². The first-order valence-electron chi connectivity index (χ1n) is 11.4. The molecule has 1 amide bonds. The van der Waals surface area contributed by atoms with Gasteiger partial charge >= 0.3 is 17.3 Å². The van der Waals surface area contributed by atoms with Crippen LogP contribution in [-0.4, -0.2) is 42.5 Å². The summed E-state index contributed by atoms with van der Waals surface area (Å²) < 4.78 is 24.5. The number of carbonyl (C=O) groups is 2. The Labute approximate surface area is 226 Å². The van der Waals surface area contributed by atoms with Crippen molar-refractivity contribution in [2.75, 3.05) is 31.0 Å². The van der Waals surface area contributed by atoms with Gasteiger partial charge in [-0.05, 0) is 11.6 Å². The number of esters is 1. The topological polar surface area (TPSA) is 179 Å². The van der Waals surface area contributed by atoms with E-state index in [0.717, 1.165) is 5.56 Å². The van der Waals surface area contributed by atoms with Crippen molar-refractivity contribution in [3.05, 3.63) is 86.2 Å². The zero-order valence-corrected chi connectivity index (χ0v) is 21.5. The van der Waals surface area contributed by atoms with E-state index in [-0.39, 0.29) is 30.2 Å². The smallest absolute Gasteiger partial charge is 0.325 e. The van der Waals surface area contributed by atoms with Crippen molar-refractivity contribution in [1.29, 1.82) is 0 Å². The average Bonchev–Trinajstić information content (AvgIpc) is 2.91. The molecule has 3 rings (SSSR count). The monoisotopic (exact) mass is 554 g/mol. The third-order valence-corrected chi connectivity index (χ3v) is 5.42. The molecule has 0 saturated carbocycles. The van der Waals surface area contributed by atoms with E-state index in [0.29, 0.717) is 17.8 Å². The minimum atomic E-state index is -1.35. The van der Waals surface area contributed by atoms with Crippen molar-refractivity contribution in [3.63, 3.8) is 0 Å². The summed E-state index contributed by atoms with van der Waals surface area (Å²) in [5.74, 6) is -2.20. The van der Waals surface area contributed by atoms with Gasteiger partial charge < -0.3 is 19.7 Å². The van der Waals surface area contributed by atoms with Crippen molar-refractivity contribution < 1.29 is 33.3 Å². The normalized spacial score (nSPS) is 10.7. The summed E-state index contributed by atoms with van der Waals surface area (Å²) in [4.78, 5) is 46.2. The molecule has 0 spiro atoms. The summed E-state index contributed by atoms with van der Waals surface area (Å²) in [6.45, 7) is 1.30. The zero-order chi connectivity index (χ0) is 29.4. The van der Waals surface area contributed by atoms with Gasteiger partial charge in [0.15, 0.2) is 5.69 Å². The predicted molar refractivity (Wildman–Crippen MR) is 141 cm³/mol. The zero-order valence-electron chi connectivity index (χ0n) is 21.5. The quantitative estimate of drug-likeness (QED) is 0.144. The van der Waals surface area contributed by atoms with E-state index < -0.39 is 44.6 Å². The Morgan fingerprint density at radius 1 is 0.975 bits per heavy atom. The van der Waals surface area contributed by atoms with Gasteiger partial charge in [-0.25, -0.2) is 0 Å². The van der Waals surface area contributed by atoms with Crippen LogP contribution in [0.15, 0.2) is 64.8 Å². The minimum absolute atomic E-state index is 0.0402. The van der Waals surface area contributed by atoms with Crippen LogP contribution < -0.4 is 15.0 Å². The molecule has 0 aliphatic heterocycles. The standard InChI is InChI=1S/C25H23FN6O8/c1-15(33)27-18-10-23(30(14-25(34)40-3)13-16-7-5-4-6-8-16)24(39-2)11-19(18)28-29-20-9-17(26)21(31(35)36)12-22(20)32(37)38/h4-12H,13-14H2,1-3H3,(H,27,33). The molecule has 0 heterocycles. The highest BCUT2D eigenvalue weighted by atomic mass is 19.1. The van der Waals surface area contributed by atoms with E-state index in [4.69, 9.17) is 9.47 Å². The molecule has 3 aromatic carbocycles. The number of ether oxygens (including phenoxy) is 2.